The monoisotopic (exact) mass is 849 g/mol. The van der Waals surface area contributed by atoms with Crippen LogP contribution in [-0.2, 0) is 28.6 Å². The van der Waals surface area contributed by atoms with Crippen molar-refractivity contribution in [2.24, 2.45) is 11.8 Å². The molecule has 0 N–H and O–H groups in total. The quantitative estimate of drug-likeness (QED) is 0.0345. The van der Waals surface area contributed by atoms with Crippen LogP contribution in [0.3, 0.4) is 0 Å². The lowest BCUT2D eigenvalue weighted by molar-refractivity contribution is -0.167. The van der Waals surface area contributed by atoms with Gasteiger partial charge in [-0.15, -0.1) is 0 Å². The van der Waals surface area contributed by atoms with Gasteiger partial charge < -0.3 is 14.2 Å². The molecule has 0 amide bonds. The summed E-state index contributed by atoms with van der Waals surface area (Å²) in [5, 5.41) is 0. The molecular formula is C54H104O6. The lowest BCUT2D eigenvalue weighted by Gasteiger charge is -2.18. The molecule has 0 aliphatic rings. The van der Waals surface area contributed by atoms with E-state index in [-0.39, 0.29) is 31.1 Å². The van der Waals surface area contributed by atoms with E-state index in [2.05, 4.69) is 34.6 Å². The molecule has 0 aromatic carbocycles. The second kappa shape index (κ2) is 46.9. The van der Waals surface area contributed by atoms with Gasteiger partial charge in [0.25, 0.3) is 0 Å². The first-order valence-corrected chi connectivity index (χ1v) is 26.7. The Morgan fingerprint density at radius 2 is 0.550 bits per heavy atom. The highest BCUT2D eigenvalue weighted by Crippen LogP contribution is 2.18. The maximum atomic E-state index is 12.8. The van der Waals surface area contributed by atoms with Gasteiger partial charge in [-0.2, -0.15) is 0 Å². The third kappa shape index (κ3) is 47.5. The van der Waals surface area contributed by atoms with Crippen LogP contribution in [0.4, 0.5) is 0 Å². The number of ether oxygens (including phenoxy) is 3. The van der Waals surface area contributed by atoms with Gasteiger partial charge in [0.05, 0.1) is 0 Å². The summed E-state index contributed by atoms with van der Waals surface area (Å²) in [7, 11) is 0. The van der Waals surface area contributed by atoms with E-state index in [4.69, 9.17) is 14.2 Å². The standard InChI is InChI=1S/C54H104O6/c1-6-7-8-9-10-11-17-24-29-34-39-44-52(55)58-47-51(48-59-53(56)45-40-35-30-25-21-16-19-23-28-33-38-43-50(4)5)60-54(57)46-41-36-31-26-20-15-13-12-14-18-22-27-32-37-42-49(2)3/h49-51H,6-48H2,1-5H3/t51-/m1/s1. The summed E-state index contributed by atoms with van der Waals surface area (Å²) in [5.41, 5.74) is 0. The van der Waals surface area contributed by atoms with Crippen molar-refractivity contribution in [1.29, 1.82) is 0 Å². The van der Waals surface area contributed by atoms with Gasteiger partial charge in [-0.3, -0.25) is 14.4 Å². The number of rotatable bonds is 48. The molecule has 0 heterocycles. The number of carbonyl (C=O) groups is 3. The molecule has 0 aromatic rings. The molecule has 0 fully saturated rings. The maximum absolute atomic E-state index is 12.8. The van der Waals surface area contributed by atoms with Crippen molar-refractivity contribution in [3.8, 4) is 0 Å². The zero-order chi connectivity index (χ0) is 44.0. The fourth-order valence-corrected chi connectivity index (χ4v) is 8.17. The molecule has 60 heavy (non-hydrogen) atoms. The van der Waals surface area contributed by atoms with Crippen LogP contribution >= 0.6 is 0 Å². The molecule has 0 saturated carbocycles. The Hall–Kier alpha value is -1.59. The van der Waals surface area contributed by atoms with E-state index in [9.17, 15) is 14.4 Å². The first-order chi connectivity index (χ1) is 29.2. The predicted molar refractivity (Wildman–Crippen MR) is 256 cm³/mol. The fraction of sp³-hybridized carbons (Fsp3) is 0.944. The van der Waals surface area contributed by atoms with Crippen LogP contribution in [0.2, 0.25) is 0 Å². The largest absolute Gasteiger partial charge is 0.462 e. The predicted octanol–water partition coefficient (Wildman–Crippen LogP) is 17.3. The number of unbranched alkanes of at least 4 members (excludes halogenated alkanes) is 33. The highest BCUT2D eigenvalue weighted by atomic mass is 16.6. The lowest BCUT2D eigenvalue weighted by Crippen LogP contribution is -2.30. The van der Waals surface area contributed by atoms with Crippen molar-refractivity contribution in [3.05, 3.63) is 0 Å². The summed E-state index contributed by atoms with van der Waals surface area (Å²) in [4.78, 5) is 38.0. The van der Waals surface area contributed by atoms with Gasteiger partial charge in [-0.1, -0.05) is 259 Å². The van der Waals surface area contributed by atoms with Gasteiger partial charge in [0.2, 0.25) is 0 Å². The van der Waals surface area contributed by atoms with Crippen LogP contribution in [0, 0.1) is 11.8 Å². The van der Waals surface area contributed by atoms with E-state index in [0.29, 0.717) is 19.3 Å². The average Bonchev–Trinajstić information content (AvgIpc) is 3.22. The van der Waals surface area contributed by atoms with Crippen LogP contribution in [0.5, 0.6) is 0 Å². The summed E-state index contributed by atoms with van der Waals surface area (Å²) >= 11 is 0. The van der Waals surface area contributed by atoms with Gasteiger partial charge in [0.15, 0.2) is 6.10 Å². The molecular weight excluding hydrogens is 745 g/mol. The topological polar surface area (TPSA) is 78.9 Å². The zero-order valence-corrected chi connectivity index (χ0v) is 41.1. The average molecular weight is 849 g/mol. The summed E-state index contributed by atoms with van der Waals surface area (Å²) in [6, 6.07) is 0. The normalized spacial score (nSPS) is 12.1. The number of hydrogen-bond donors (Lipinski definition) is 0. The van der Waals surface area contributed by atoms with Crippen molar-refractivity contribution in [3.63, 3.8) is 0 Å². The van der Waals surface area contributed by atoms with Gasteiger partial charge in [0.1, 0.15) is 13.2 Å². The van der Waals surface area contributed by atoms with Crippen molar-refractivity contribution < 1.29 is 28.6 Å². The van der Waals surface area contributed by atoms with E-state index in [1.54, 1.807) is 0 Å². The van der Waals surface area contributed by atoms with Crippen molar-refractivity contribution in [2.45, 2.75) is 304 Å². The van der Waals surface area contributed by atoms with E-state index in [0.717, 1.165) is 69.6 Å². The molecule has 0 aromatic heterocycles. The molecule has 0 aliphatic carbocycles. The minimum Gasteiger partial charge on any atom is -0.462 e. The van der Waals surface area contributed by atoms with Crippen molar-refractivity contribution in [2.75, 3.05) is 13.2 Å². The second-order valence-electron chi connectivity index (χ2n) is 19.5. The van der Waals surface area contributed by atoms with E-state index < -0.39 is 6.10 Å². The van der Waals surface area contributed by atoms with Crippen molar-refractivity contribution in [1.82, 2.24) is 0 Å². The van der Waals surface area contributed by atoms with Gasteiger partial charge >= 0.3 is 17.9 Å². The third-order valence-electron chi connectivity index (χ3n) is 12.2. The minimum atomic E-state index is -0.761. The summed E-state index contributed by atoms with van der Waals surface area (Å²) < 4.78 is 16.8. The van der Waals surface area contributed by atoms with Gasteiger partial charge in [0, 0.05) is 19.3 Å². The molecule has 0 saturated heterocycles. The smallest absolute Gasteiger partial charge is 0.306 e. The molecule has 6 heteroatoms. The lowest BCUT2D eigenvalue weighted by atomic mass is 10.0. The molecule has 0 aliphatic heterocycles. The van der Waals surface area contributed by atoms with E-state index in [1.807, 2.05) is 0 Å². The van der Waals surface area contributed by atoms with Crippen LogP contribution in [0.1, 0.15) is 298 Å². The van der Waals surface area contributed by atoms with Crippen LogP contribution in [0.25, 0.3) is 0 Å². The zero-order valence-electron chi connectivity index (χ0n) is 41.1. The van der Waals surface area contributed by atoms with Crippen LogP contribution < -0.4 is 0 Å². The first-order valence-electron chi connectivity index (χ1n) is 26.7. The Morgan fingerprint density at radius 1 is 0.317 bits per heavy atom. The maximum Gasteiger partial charge on any atom is 0.306 e. The molecule has 0 radical (unpaired) electrons. The highest BCUT2D eigenvalue weighted by molar-refractivity contribution is 5.71. The molecule has 1 atom stereocenters. The SMILES string of the molecule is CCCCCCCCCCCCCC(=O)OC[C@H](COC(=O)CCCCCCCCCCCCCC(C)C)OC(=O)CCCCCCCCCCCCCCCCC(C)C. The molecule has 0 spiro atoms. The van der Waals surface area contributed by atoms with E-state index in [1.165, 1.54) is 186 Å². The Labute approximate surface area is 374 Å². The van der Waals surface area contributed by atoms with E-state index >= 15 is 0 Å². The number of esters is 3. The molecule has 6 nitrogen and oxygen atoms in total. The molecule has 0 unspecified atom stereocenters. The Kier molecular flexibility index (Phi) is 45.7. The van der Waals surface area contributed by atoms with Gasteiger partial charge in [-0.05, 0) is 31.1 Å². The van der Waals surface area contributed by atoms with Gasteiger partial charge in [-0.25, -0.2) is 0 Å². The first kappa shape index (κ1) is 58.4. The Bertz CT molecular complexity index is 916. The summed E-state index contributed by atoms with van der Waals surface area (Å²) in [6.45, 7) is 11.4. The van der Waals surface area contributed by atoms with Crippen molar-refractivity contribution >= 4 is 17.9 Å². The molecule has 0 rings (SSSR count). The highest BCUT2D eigenvalue weighted by Gasteiger charge is 2.19. The number of carbonyl (C=O) groups excluding carboxylic acids is 3. The minimum absolute atomic E-state index is 0.0634. The fourth-order valence-electron chi connectivity index (χ4n) is 8.17. The summed E-state index contributed by atoms with van der Waals surface area (Å²) in [5.74, 6) is 0.825. The Balaban J connectivity index is 4.29. The van der Waals surface area contributed by atoms with Crippen LogP contribution in [0.15, 0.2) is 0 Å². The molecule has 356 valence electrons. The molecule has 0 bridgehead atoms. The second-order valence-corrected chi connectivity index (χ2v) is 19.5. The van der Waals surface area contributed by atoms with Crippen LogP contribution in [-0.4, -0.2) is 37.2 Å². The summed E-state index contributed by atoms with van der Waals surface area (Å²) in [6.07, 6.45) is 48.0. The third-order valence-corrected chi connectivity index (χ3v) is 12.2. The number of hydrogen-bond acceptors (Lipinski definition) is 6. The Morgan fingerprint density at radius 3 is 0.817 bits per heavy atom.